The first kappa shape index (κ1) is 20.9. The Balaban J connectivity index is 1.49. The minimum Gasteiger partial charge on any atom is -0.467 e. The van der Waals surface area contributed by atoms with Crippen LogP contribution in [0.1, 0.15) is 11.1 Å². The highest BCUT2D eigenvalue weighted by atomic mass is 16.7. The van der Waals surface area contributed by atoms with E-state index in [0.29, 0.717) is 17.1 Å². The molecule has 1 aliphatic heterocycles. The van der Waals surface area contributed by atoms with Gasteiger partial charge in [0.25, 0.3) is 5.91 Å². The lowest BCUT2D eigenvalue weighted by molar-refractivity contribution is -0.147. The standard InChI is InChI=1S/C22H21NO7/c1-27-22(26)17(11-15-5-3-2-4-6-15)23-20(24)13-28-21(25)10-8-16-7-9-18-19(12-16)30-14-29-18/h2-10,12,17H,11,13-14H2,1H3,(H,23,24)/b10-8+. The SMILES string of the molecule is COC(=O)C(Cc1ccccc1)NC(=O)COC(=O)/C=C/c1ccc2c(c1)OCO2. The van der Waals surface area contributed by atoms with Gasteiger partial charge in [-0.05, 0) is 29.3 Å². The van der Waals surface area contributed by atoms with E-state index < -0.39 is 30.5 Å². The minimum absolute atomic E-state index is 0.163. The van der Waals surface area contributed by atoms with Gasteiger partial charge in [-0.3, -0.25) is 4.79 Å². The van der Waals surface area contributed by atoms with E-state index in [1.165, 1.54) is 19.3 Å². The number of amides is 1. The first-order valence-corrected chi connectivity index (χ1v) is 9.21. The van der Waals surface area contributed by atoms with Gasteiger partial charge in [-0.15, -0.1) is 0 Å². The third-order valence-corrected chi connectivity index (χ3v) is 4.26. The Morgan fingerprint density at radius 1 is 1.10 bits per heavy atom. The summed E-state index contributed by atoms with van der Waals surface area (Å²) in [6.07, 6.45) is 3.00. The maximum Gasteiger partial charge on any atom is 0.331 e. The third kappa shape index (κ3) is 5.84. The van der Waals surface area contributed by atoms with Crippen LogP contribution in [-0.2, 0) is 30.3 Å². The number of methoxy groups -OCH3 is 1. The molecule has 1 N–H and O–H groups in total. The molecule has 1 unspecified atom stereocenters. The molecule has 8 heteroatoms. The Kier molecular flexibility index (Phi) is 7.05. The molecular weight excluding hydrogens is 390 g/mol. The molecule has 1 aliphatic rings. The van der Waals surface area contributed by atoms with E-state index in [1.807, 2.05) is 30.3 Å². The first-order valence-electron chi connectivity index (χ1n) is 9.21. The van der Waals surface area contributed by atoms with Crippen LogP contribution in [-0.4, -0.2) is 44.4 Å². The highest BCUT2D eigenvalue weighted by Crippen LogP contribution is 2.32. The second-order valence-corrected chi connectivity index (χ2v) is 6.39. The number of rotatable bonds is 8. The van der Waals surface area contributed by atoms with Crippen molar-refractivity contribution in [2.75, 3.05) is 20.5 Å². The van der Waals surface area contributed by atoms with E-state index >= 15 is 0 Å². The van der Waals surface area contributed by atoms with Crippen molar-refractivity contribution in [2.24, 2.45) is 0 Å². The van der Waals surface area contributed by atoms with Crippen molar-refractivity contribution in [1.82, 2.24) is 5.32 Å². The molecule has 30 heavy (non-hydrogen) atoms. The first-order chi connectivity index (χ1) is 14.5. The monoisotopic (exact) mass is 411 g/mol. The van der Waals surface area contributed by atoms with Crippen molar-refractivity contribution >= 4 is 23.9 Å². The fourth-order valence-corrected chi connectivity index (χ4v) is 2.79. The van der Waals surface area contributed by atoms with Gasteiger partial charge in [0.2, 0.25) is 6.79 Å². The fraction of sp³-hybridized carbons (Fsp3) is 0.227. The summed E-state index contributed by atoms with van der Waals surface area (Å²) in [6, 6.07) is 13.5. The zero-order valence-electron chi connectivity index (χ0n) is 16.3. The molecule has 0 bridgehead atoms. The van der Waals surface area contributed by atoms with Crippen molar-refractivity contribution in [3.8, 4) is 11.5 Å². The molecule has 2 aromatic carbocycles. The molecule has 8 nitrogen and oxygen atoms in total. The molecule has 1 atom stereocenters. The summed E-state index contributed by atoms with van der Waals surface area (Å²) in [5, 5.41) is 2.53. The average Bonchev–Trinajstić information content (AvgIpc) is 3.24. The van der Waals surface area contributed by atoms with Crippen LogP contribution in [0.4, 0.5) is 0 Å². The Morgan fingerprint density at radius 2 is 1.87 bits per heavy atom. The lowest BCUT2D eigenvalue weighted by Gasteiger charge is -2.16. The van der Waals surface area contributed by atoms with Crippen LogP contribution in [0.25, 0.3) is 6.08 Å². The maximum atomic E-state index is 12.1. The summed E-state index contributed by atoms with van der Waals surface area (Å²) in [4.78, 5) is 36.0. The number of hydrogen-bond acceptors (Lipinski definition) is 7. The average molecular weight is 411 g/mol. The second-order valence-electron chi connectivity index (χ2n) is 6.39. The van der Waals surface area contributed by atoms with E-state index in [0.717, 1.165) is 5.56 Å². The van der Waals surface area contributed by atoms with E-state index in [-0.39, 0.29) is 13.2 Å². The third-order valence-electron chi connectivity index (χ3n) is 4.26. The number of nitrogens with one attached hydrogen (secondary N) is 1. The summed E-state index contributed by atoms with van der Waals surface area (Å²) in [5.41, 5.74) is 1.58. The van der Waals surface area contributed by atoms with Gasteiger partial charge in [0.1, 0.15) is 6.04 Å². The lowest BCUT2D eigenvalue weighted by Crippen LogP contribution is -2.44. The Morgan fingerprint density at radius 3 is 2.63 bits per heavy atom. The zero-order chi connectivity index (χ0) is 21.3. The molecule has 1 amide bonds. The number of fused-ring (bicyclic) bond motifs is 1. The fourth-order valence-electron chi connectivity index (χ4n) is 2.79. The van der Waals surface area contributed by atoms with Crippen LogP contribution < -0.4 is 14.8 Å². The van der Waals surface area contributed by atoms with Crippen molar-refractivity contribution < 1.29 is 33.3 Å². The van der Waals surface area contributed by atoms with Crippen molar-refractivity contribution in [3.63, 3.8) is 0 Å². The molecular formula is C22H21NO7. The maximum absolute atomic E-state index is 12.1. The van der Waals surface area contributed by atoms with Crippen LogP contribution in [0.15, 0.2) is 54.6 Å². The smallest absolute Gasteiger partial charge is 0.331 e. The van der Waals surface area contributed by atoms with Gasteiger partial charge in [0.15, 0.2) is 18.1 Å². The number of carbonyl (C=O) groups is 3. The van der Waals surface area contributed by atoms with Crippen LogP contribution in [0.2, 0.25) is 0 Å². The second kappa shape index (κ2) is 10.1. The Hall–Kier alpha value is -3.81. The van der Waals surface area contributed by atoms with Gasteiger partial charge in [0, 0.05) is 12.5 Å². The predicted molar refractivity (Wildman–Crippen MR) is 107 cm³/mol. The number of esters is 2. The highest BCUT2D eigenvalue weighted by molar-refractivity contribution is 5.90. The molecule has 0 aliphatic carbocycles. The summed E-state index contributed by atoms with van der Waals surface area (Å²) < 4.78 is 20.2. The van der Waals surface area contributed by atoms with E-state index in [9.17, 15) is 14.4 Å². The molecule has 156 valence electrons. The summed E-state index contributed by atoms with van der Waals surface area (Å²) in [5.74, 6) is -0.646. The Bertz CT molecular complexity index is 940. The Labute approximate surface area is 173 Å². The highest BCUT2D eigenvalue weighted by Gasteiger charge is 2.22. The number of hydrogen-bond donors (Lipinski definition) is 1. The van der Waals surface area contributed by atoms with Gasteiger partial charge >= 0.3 is 11.9 Å². The van der Waals surface area contributed by atoms with Crippen molar-refractivity contribution in [3.05, 3.63) is 65.7 Å². The quantitative estimate of drug-likeness (QED) is 0.523. The molecule has 0 saturated heterocycles. The largest absolute Gasteiger partial charge is 0.467 e. The molecule has 0 saturated carbocycles. The molecule has 0 radical (unpaired) electrons. The van der Waals surface area contributed by atoms with Crippen LogP contribution in [0.3, 0.4) is 0 Å². The van der Waals surface area contributed by atoms with Gasteiger partial charge in [-0.1, -0.05) is 36.4 Å². The van der Waals surface area contributed by atoms with Gasteiger partial charge in [-0.2, -0.15) is 0 Å². The molecule has 0 aromatic heterocycles. The minimum atomic E-state index is -0.882. The molecule has 0 fully saturated rings. The van der Waals surface area contributed by atoms with Crippen molar-refractivity contribution in [1.29, 1.82) is 0 Å². The topological polar surface area (TPSA) is 100 Å². The molecule has 1 heterocycles. The van der Waals surface area contributed by atoms with Crippen LogP contribution in [0.5, 0.6) is 11.5 Å². The van der Waals surface area contributed by atoms with Gasteiger partial charge < -0.3 is 24.3 Å². The van der Waals surface area contributed by atoms with Crippen LogP contribution >= 0.6 is 0 Å². The normalized spacial score (nSPS) is 13.0. The van der Waals surface area contributed by atoms with E-state index in [1.54, 1.807) is 18.2 Å². The summed E-state index contributed by atoms with van der Waals surface area (Å²) >= 11 is 0. The number of carbonyl (C=O) groups excluding carboxylic acids is 3. The van der Waals surface area contributed by atoms with Gasteiger partial charge in [0.05, 0.1) is 7.11 Å². The number of benzene rings is 2. The zero-order valence-corrected chi connectivity index (χ0v) is 16.3. The predicted octanol–water partition coefficient (Wildman–Crippen LogP) is 1.87. The molecule has 2 aromatic rings. The summed E-state index contributed by atoms with van der Waals surface area (Å²) in [7, 11) is 1.24. The summed E-state index contributed by atoms with van der Waals surface area (Å²) in [6.45, 7) is -0.358. The van der Waals surface area contributed by atoms with E-state index in [2.05, 4.69) is 5.32 Å². The number of ether oxygens (including phenoxy) is 4. The van der Waals surface area contributed by atoms with Crippen LogP contribution in [0, 0.1) is 0 Å². The van der Waals surface area contributed by atoms with Crippen molar-refractivity contribution in [2.45, 2.75) is 12.5 Å². The van der Waals surface area contributed by atoms with E-state index in [4.69, 9.17) is 18.9 Å². The van der Waals surface area contributed by atoms with Gasteiger partial charge in [-0.25, -0.2) is 9.59 Å². The molecule has 3 rings (SSSR count). The molecule has 0 spiro atoms. The lowest BCUT2D eigenvalue weighted by atomic mass is 10.1.